The van der Waals surface area contributed by atoms with E-state index in [2.05, 4.69) is 36.6 Å². The molecular weight excluding hydrogens is 378 g/mol. The summed E-state index contributed by atoms with van der Waals surface area (Å²) in [4.78, 5) is 38.1. The van der Waals surface area contributed by atoms with E-state index in [-0.39, 0.29) is 29.7 Å². The van der Waals surface area contributed by atoms with Crippen molar-refractivity contribution < 1.29 is 14.4 Å². The molecule has 1 aliphatic rings. The molecule has 1 heterocycles. The molecule has 0 radical (unpaired) electrons. The Labute approximate surface area is 177 Å². The van der Waals surface area contributed by atoms with Gasteiger partial charge in [-0.2, -0.15) is 0 Å². The van der Waals surface area contributed by atoms with Crippen LogP contribution in [-0.4, -0.2) is 37.4 Å². The van der Waals surface area contributed by atoms with Crippen LogP contribution in [0.15, 0.2) is 48.5 Å². The summed E-state index contributed by atoms with van der Waals surface area (Å²) >= 11 is 0. The van der Waals surface area contributed by atoms with Crippen molar-refractivity contribution >= 4 is 23.4 Å². The molecule has 0 unspecified atom stereocenters. The van der Waals surface area contributed by atoms with Crippen LogP contribution in [0.1, 0.15) is 48.2 Å². The summed E-state index contributed by atoms with van der Waals surface area (Å²) in [6.45, 7) is 7.30. The normalized spacial score (nSPS) is 14.0. The number of rotatable bonds is 7. The van der Waals surface area contributed by atoms with E-state index in [1.54, 1.807) is 29.2 Å². The molecular formula is C24H29N3O3. The predicted octanol–water partition coefficient (Wildman–Crippen LogP) is 2.95. The van der Waals surface area contributed by atoms with Crippen LogP contribution < -0.4 is 15.5 Å². The average molecular weight is 408 g/mol. The summed E-state index contributed by atoms with van der Waals surface area (Å²) in [5.41, 5.74) is 3.38. The highest BCUT2D eigenvalue weighted by molar-refractivity contribution is 5.98. The maximum Gasteiger partial charge on any atom is 0.251 e. The van der Waals surface area contributed by atoms with Crippen molar-refractivity contribution in [3.05, 3.63) is 65.2 Å². The topological polar surface area (TPSA) is 78.5 Å². The molecule has 2 N–H and O–H groups in total. The van der Waals surface area contributed by atoms with Crippen LogP contribution in [0.25, 0.3) is 0 Å². The highest BCUT2D eigenvalue weighted by Crippen LogP contribution is 2.23. The number of nitrogens with zero attached hydrogens (tertiary/aromatic N) is 1. The van der Waals surface area contributed by atoms with Crippen LogP contribution in [0, 0.1) is 6.92 Å². The van der Waals surface area contributed by atoms with Gasteiger partial charge in [-0.25, -0.2) is 0 Å². The fourth-order valence-corrected chi connectivity index (χ4v) is 3.53. The molecule has 0 atom stereocenters. The Morgan fingerprint density at radius 2 is 1.80 bits per heavy atom. The number of nitrogens with one attached hydrogen (secondary N) is 2. The van der Waals surface area contributed by atoms with Crippen LogP contribution in [-0.2, 0) is 15.0 Å². The number of carbonyl (C=O) groups excluding carboxylic acids is 3. The molecule has 1 fully saturated rings. The molecule has 6 heteroatoms. The second-order valence-electron chi connectivity index (χ2n) is 8.41. The first kappa shape index (κ1) is 21.6. The van der Waals surface area contributed by atoms with Gasteiger partial charge in [-0.1, -0.05) is 43.7 Å². The van der Waals surface area contributed by atoms with E-state index in [1.807, 2.05) is 19.1 Å². The van der Waals surface area contributed by atoms with Gasteiger partial charge >= 0.3 is 0 Å². The second kappa shape index (κ2) is 9.11. The van der Waals surface area contributed by atoms with Crippen molar-refractivity contribution in [1.82, 2.24) is 10.6 Å². The van der Waals surface area contributed by atoms with E-state index in [4.69, 9.17) is 0 Å². The number of benzene rings is 2. The Balaban J connectivity index is 1.48. The van der Waals surface area contributed by atoms with Crippen LogP contribution in [0.5, 0.6) is 0 Å². The van der Waals surface area contributed by atoms with E-state index < -0.39 is 0 Å². The van der Waals surface area contributed by atoms with Gasteiger partial charge in [0.25, 0.3) is 5.91 Å². The third-order valence-corrected chi connectivity index (χ3v) is 5.45. The molecule has 6 nitrogen and oxygen atoms in total. The first-order chi connectivity index (χ1) is 14.3. The van der Waals surface area contributed by atoms with Crippen LogP contribution in [0.3, 0.4) is 0 Å². The second-order valence-corrected chi connectivity index (χ2v) is 8.41. The van der Waals surface area contributed by atoms with Crippen LogP contribution in [0.4, 0.5) is 5.69 Å². The summed E-state index contributed by atoms with van der Waals surface area (Å²) in [5.74, 6) is -0.441. The molecule has 30 heavy (non-hydrogen) atoms. The molecule has 0 aromatic heterocycles. The Morgan fingerprint density at radius 1 is 1.07 bits per heavy atom. The summed E-state index contributed by atoms with van der Waals surface area (Å²) in [6, 6.07) is 15.1. The summed E-state index contributed by atoms with van der Waals surface area (Å²) < 4.78 is 0. The number of hydrogen-bond donors (Lipinski definition) is 2. The van der Waals surface area contributed by atoms with Gasteiger partial charge in [0, 0.05) is 36.2 Å². The minimum Gasteiger partial charge on any atom is -0.354 e. The molecule has 0 bridgehead atoms. The van der Waals surface area contributed by atoms with Crippen molar-refractivity contribution in [3.8, 4) is 0 Å². The van der Waals surface area contributed by atoms with E-state index in [0.717, 1.165) is 17.7 Å². The van der Waals surface area contributed by atoms with Gasteiger partial charge in [-0.15, -0.1) is 0 Å². The van der Waals surface area contributed by atoms with E-state index in [9.17, 15) is 14.4 Å². The van der Waals surface area contributed by atoms with Gasteiger partial charge in [-0.05, 0) is 43.2 Å². The van der Waals surface area contributed by atoms with Crippen LogP contribution >= 0.6 is 0 Å². The van der Waals surface area contributed by atoms with Gasteiger partial charge < -0.3 is 15.5 Å². The molecule has 2 aromatic rings. The van der Waals surface area contributed by atoms with Gasteiger partial charge in [0.2, 0.25) is 11.8 Å². The SMILES string of the molecule is Cc1cccc(C(C)(C)CNC(=O)CNC(=O)c2ccc(N3CCCC3=O)cc2)c1. The highest BCUT2D eigenvalue weighted by atomic mass is 16.2. The number of anilines is 1. The van der Waals surface area contributed by atoms with E-state index in [1.165, 1.54) is 5.56 Å². The molecule has 1 aliphatic heterocycles. The number of aryl methyl sites for hydroxylation is 1. The molecule has 0 aliphatic carbocycles. The van der Waals surface area contributed by atoms with E-state index in [0.29, 0.717) is 25.1 Å². The Morgan fingerprint density at radius 3 is 2.43 bits per heavy atom. The molecule has 0 saturated carbocycles. The molecule has 1 saturated heterocycles. The van der Waals surface area contributed by atoms with Crippen molar-refractivity contribution in [3.63, 3.8) is 0 Å². The average Bonchev–Trinajstić information content (AvgIpc) is 3.16. The maximum absolute atomic E-state index is 12.3. The summed E-state index contributed by atoms with van der Waals surface area (Å²) in [7, 11) is 0. The zero-order chi connectivity index (χ0) is 21.7. The van der Waals surface area contributed by atoms with Crippen LogP contribution in [0.2, 0.25) is 0 Å². The van der Waals surface area contributed by atoms with Crippen molar-refractivity contribution in [2.75, 3.05) is 24.5 Å². The minimum absolute atomic E-state index is 0.0882. The van der Waals surface area contributed by atoms with Crippen molar-refractivity contribution in [2.24, 2.45) is 0 Å². The fraction of sp³-hybridized carbons (Fsp3) is 0.375. The lowest BCUT2D eigenvalue weighted by Gasteiger charge is -2.26. The summed E-state index contributed by atoms with van der Waals surface area (Å²) in [5, 5.41) is 5.55. The lowest BCUT2D eigenvalue weighted by Crippen LogP contribution is -2.42. The Kier molecular flexibility index (Phi) is 6.55. The Hall–Kier alpha value is -3.15. The monoisotopic (exact) mass is 407 g/mol. The molecule has 2 aromatic carbocycles. The quantitative estimate of drug-likeness (QED) is 0.741. The number of carbonyl (C=O) groups is 3. The Bertz CT molecular complexity index is 935. The summed E-state index contributed by atoms with van der Waals surface area (Å²) in [6.07, 6.45) is 1.43. The maximum atomic E-state index is 12.3. The lowest BCUT2D eigenvalue weighted by atomic mass is 9.84. The molecule has 0 spiro atoms. The van der Waals surface area contributed by atoms with Gasteiger partial charge in [0.1, 0.15) is 0 Å². The molecule has 3 amide bonds. The zero-order valence-corrected chi connectivity index (χ0v) is 17.8. The van der Waals surface area contributed by atoms with Crippen molar-refractivity contribution in [1.29, 1.82) is 0 Å². The standard InChI is InChI=1S/C24H29N3O3/c1-17-6-4-7-19(14-17)24(2,3)16-26-21(28)15-25-23(30)18-9-11-20(12-10-18)27-13-5-8-22(27)29/h4,6-7,9-12,14H,5,8,13,15-16H2,1-3H3,(H,25,30)(H,26,28). The number of hydrogen-bond acceptors (Lipinski definition) is 3. The fourth-order valence-electron chi connectivity index (χ4n) is 3.53. The van der Waals surface area contributed by atoms with Gasteiger partial charge in [-0.3, -0.25) is 14.4 Å². The molecule has 158 valence electrons. The first-order valence-electron chi connectivity index (χ1n) is 10.3. The smallest absolute Gasteiger partial charge is 0.251 e. The largest absolute Gasteiger partial charge is 0.354 e. The first-order valence-corrected chi connectivity index (χ1v) is 10.3. The number of amides is 3. The zero-order valence-electron chi connectivity index (χ0n) is 17.8. The third kappa shape index (κ3) is 5.26. The third-order valence-electron chi connectivity index (χ3n) is 5.45. The highest BCUT2D eigenvalue weighted by Gasteiger charge is 2.23. The molecule has 3 rings (SSSR count). The van der Waals surface area contributed by atoms with E-state index >= 15 is 0 Å². The van der Waals surface area contributed by atoms with Crippen molar-refractivity contribution in [2.45, 2.75) is 39.0 Å². The van der Waals surface area contributed by atoms with Gasteiger partial charge in [0.15, 0.2) is 0 Å². The predicted molar refractivity (Wildman–Crippen MR) is 118 cm³/mol. The lowest BCUT2D eigenvalue weighted by molar-refractivity contribution is -0.120. The van der Waals surface area contributed by atoms with Gasteiger partial charge in [0.05, 0.1) is 6.54 Å². The minimum atomic E-state index is -0.317.